The summed E-state index contributed by atoms with van der Waals surface area (Å²) in [5.74, 6) is 7.86. The van der Waals surface area contributed by atoms with Crippen molar-refractivity contribution in [2.24, 2.45) is 23.7 Å². The molecule has 4 aromatic rings. The predicted octanol–water partition coefficient (Wildman–Crippen LogP) is 7.22. The zero-order valence-corrected chi connectivity index (χ0v) is 36.2. The lowest BCUT2D eigenvalue weighted by atomic mass is 10.0. The lowest BCUT2D eigenvalue weighted by Crippen LogP contribution is -2.53. The van der Waals surface area contributed by atoms with Crippen molar-refractivity contribution in [2.45, 2.75) is 104 Å². The van der Waals surface area contributed by atoms with Crippen molar-refractivity contribution in [1.29, 1.82) is 0 Å². The van der Waals surface area contributed by atoms with E-state index in [0.717, 1.165) is 46.5 Å². The number of methoxy groups -OCH3 is 2. The number of carbonyl (C=O) groups is 4. The fraction of sp³-hybridized carbons (Fsp3) is 0.478. The normalized spacial score (nSPS) is 22.3. The van der Waals surface area contributed by atoms with Gasteiger partial charge in [0, 0.05) is 23.2 Å². The number of ether oxygens (including phenoxy) is 2. The Morgan fingerprint density at radius 1 is 0.633 bits per heavy atom. The van der Waals surface area contributed by atoms with Crippen LogP contribution in [0.5, 0.6) is 0 Å². The SMILES string of the molecule is COC(=O)N[C@H](C(=O)N1[C@H](C)[C@H](C)C[C@H]1c1ncc(-c2ccc(C#Cc3ccc(-c4cnc([C@@H]5C[C@@H](C)[C@@H](C)N5C(=O)[C@@H](NC(=O)OC)C(C)C)[nH]4)cc3)cc2)[nH]1)C(C)C. The van der Waals surface area contributed by atoms with Crippen LogP contribution in [-0.2, 0) is 19.1 Å². The summed E-state index contributed by atoms with van der Waals surface area (Å²) in [4.78, 5) is 72.0. The highest BCUT2D eigenvalue weighted by Crippen LogP contribution is 2.41. The molecule has 4 N–H and O–H groups in total. The molecule has 2 aliphatic heterocycles. The van der Waals surface area contributed by atoms with Crippen molar-refractivity contribution >= 4 is 24.0 Å². The topological polar surface area (TPSA) is 175 Å². The van der Waals surface area contributed by atoms with E-state index in [1.54, 1.807) is 12.4 Å². The number of imidazole rings is 2. The molecule has 6 rings (SSSR count). The molecule has 14 nitrogen and oxygen atoms in total. The molecule has 8 atom stereocenters. The molecule has 0 spiro atoms. The number of nitrogens with one attached hydrogen (secondary N) is 4. The van der Waals surface area contributed by atoms with E-state index < -0.39 is 24.3 Å². The number of aromatic nitrogens is 4. The Morgan fingerprint density at radius 3 is 1.30 bits per heavy atom. The summed E-state index contributed by atoms with van der Waals surface area (Å²) in [5, 5.41) is 5.45. The molecular weight excluding hydrogens is 761 g/mol. The second-order valence-corrected chi connectivity index (χ2v) is 16.9. The third-order valence-corrected chi connectivity index (χ3v) is 12.2. The molecule has 0 aliphatic carbocycles. The second kappa shape index (κ2) is 18.4. The number of hydrogen-bond acceptors (Lipinski definition) is 8. The number of hydrogen-bond donors (Lipinski definition) is 4. The summed E-state index contributed by atoms with van der Waals surface area (Å²) in [6, 6.07) is 13.8. The number of aromatic amines is 2. The van der Waals surface area contributed by atoms with Crippen LogP contribution in [0.25, 0.3) is 22.5 Å². The predicted molar refractivity (Wildman–Crippen MR) is 228 cm³/mol. The first-order valence-electron chi connectivity index (χ1n) is 20.8. The number of amides is 4. The average molecular weight is 819 g/mol. The molecule has 2 aromatic heterocycles. The first-order valence-corrected chi connectivity index (χ1v) is 20.8. The van der Waals surface area contributed by atoms with Crippen LogP contribution < -0.4 is 10.6 Å². The number of benzene rings is 2. The molecular formula is C46H58N8O6. The van der Waals surface area contributed by atoms with Gasteiger partial charge >= 0.3 is 12.2 Å². The van der Waals surface area contributed by atoms with Gasteiger partial charge in [0.25, 0.3) is 0 Å². The van der Waals surface area contributed by atoms with Gasteiger partial charge < -0.3 is 39.9 Å². The number of H-pyrrole nitrogens is 2. The summed E-state index contributed by atoms with van der Waals surface area (Å²) >= 11 is 0. The third kappa shape index (κ3) is 9.20. The third-order valence-electron chi connectivity index (χ3n) is 12.2. The Balaban J connectivity index is 1.11. The van der Waals surface area contributed by atoms with Crippen molar-refractivity contribution in [3.05, 3.63) is 83.7 Å². The van der Waals surface area contributed by atoms with E-state index in [1.807, 2.05) is 99.9 Å². The van der Waals surface area contributed by atoms with Crippen LogP contribution >= 0.6 is 0 Å². The van der Waals surface area contributed by atoms with Gasteiger partial charge in [-0.25, -0.2) is 19.6 Å². The van der Waals surface area contributed by atoms with Gasteiger partial charge in [0.05, 0.1) is 50.1 Å². The minimum atomic E-state index is -0.719. The lowest BCUT2D eigenvalue weighted by molar-refractivity contribution is -0.138. The molecule has 318 valence electrons. The summed E-state index contributed by atoms with van der Waals surface area (Å²) in [6.45, 7) is 16.0. The first kappa shape index (κ1) is 43.5. The Morgan fingerprint density at radius 2 is 0.983 bits per heavy atom. The number of nitrogens with zero attached hydrogens (tertiary/aromatic N) is 4. The minimum absolute atomic E-state index is 0.0355. The van der Waals surface area contributed by atoms with Gasteiger partial charge in [0.2, 0.25) is 11.8 Å². The highest BCUT2D eigenvalue weighted by atomic mass is 16.5. The van der Waals surface area contributed by atoms with Gasteiger partial charge in [0.1, 0.15) is 23.7 Å². The summed E-state index contributed by atoms with van der Waals surface area (Å²) in [5.41, 5.74) is 5.27. The van der Waals surface area contributed by atoms with E-state index in [-0.39, 0.29) is 59.7 Å². The van der Waals surface area contributed by atoms with Gasteiger partial charge in [-0.3, -0.25) is 9.59 Å². The standard InChI is InChI=1S/C46H58N8O6/c1-25(2)39(51-45(57)59-9)43(55)53-29(7)27(5)21-37(53)41-47-23-35(49-41)33-17-13-31(14-18-33)11-12-32-15-19-34(20-16-32)36-24-48-42(50-36)38-22-28(6)30(8)54(38)44(56)40(26(3)4)52-46(58)60-10/h13-20,23-30,37-40H,21-22H2,1-10H3,(H,47,49)(H,48,50)(H,51,57)(H,52,58)/t27-,28-,29-,30-,37+,38+,39+,40+/m1/s1. The van der Waals surface area contributed by atoms with Crippen molar-refractivity contribution in [3.8, 4) is 34.4 Å². The average Bonchev–Trinajstić information content (AvgIpc) is 4.04. The Labute approximate surface area is 352 Å². The van der Waals surface area contributed by atoms with E-state index in [4.69, 9.17) is 19.4 Å². The zero-order chi connectivity index (χ0) is 43.4. The molecule has 0 saturated carbocycles. The number of carbonyl (C=O) groups excluding carboxylic acids is 4. The van der Waals surface area contributed by atoms with Crippen LogP contribution in [0.1, 0.15) is 103 Å². The van der Waals surface area contributed by atoms with Gasteiger partial charge in [-0.2, -0.15) is 0 Å². The Bertz CT molecular complexity index is 2060. The number of rotatable bonds is 10. The van der Waals surface area contributed by atoms with E-state index in [0.29, 0.717) is 11.6 Å². The maximum atomic E-state index is 13.9. The zero-order valence-electron chi connectivity index (χ0n) is 36.2. The fourth-order valence-electron chi connectivity index (χ4n) is 8.27. The van der Waals surface area contributed by atoms with E-state index >= 15 is 0 Å². The maximum Gasteiger partial charge on any atom is 0.407 e. The van der Waals surface area contributed by atoms with Crippen LogP contribution in [0.3, 0.4) is 0 Å². The van der Waals surface area contributed by atoms with Crippen LogP contribution in [0, 0.1) is 35.5 Å². The molecule has 2 aromatic carbocycles. The Hall–Kier alpha value is -6.10. The van der Waals surface area contributed by atoms with Crippen molar-refractivity contribution in [1.82, 2.24) is 40.4 Å². The second-order valence-electron chi connectivity index (χ2n) is 16.9. The van der Waals surface area contributed by atoms with E-state index in [9.17, 15) is 19.2 Å². The summed E-state index contributed by atoms with van der Waals surface area (Å²) in [7, 11) is 2.58. The van der Waals surface area contributed by atoms with Gasteiger partial charge in [0.15, 0.2) is 0 Å². The molecule has 0 radical (unpaired) electrons. The summed E-state index contributed by atoms with van der Waals surface area (Å²) in [6.07, 6.45) is 3.82. The highest BCUT2D eigenvalue weighted by Gasteiger charge is 2.46. The molecule has 2 saturated heterocycles. The van der Waals surface area contributed by atoms with Crippen LogP contribution in [0.15, 0.2) is 60.9 Å². The first-order chi connectivity index (χ1) is 28.6. The van der Waals surface area contributed by atoms with Crippen molar-refractivity contribution < 1.29 is 28.7 Å². The fourth-order valence-corrected chi connectivity index (χ4v) is 8.27. The largest absolute Gasteiger partial charge is 0.453 e. The molecule has 14 heteroatoms. The molecule has 0 unspecified atom stereocenters. The van der Waals surface area contributed by atoms with Gasteiger partial charge in [-0.15, -0.1) is 0 Å². The lowest BCUT2D eigenvalue weighted by Gasteiger charge is -2.33. The molecule has 4 amide bonds. The van der Waals surface area contributed by atoms with Gasteiger partial charge in [-0.1, -0.05) is 77.6 Å². The number of alkyl carbamates (subject to hydrolysis) is 2. The quantitative estimate of drug-likeness (QED) is 0.121. The molecule has 2 fully saturated rings. The Kier molecular flexibility index (Phi) is 13.4. The molecule has 2 aliphatic rings. The maximum absolute atomic E-state index is 13.9. The minimum Gasteiger partial charge on any atom is -0.453 e. The van der Waals surface area contributed by atoms with Crippen LogP contribution in [0.2, 0.25) is 0 Å². The summed E-state index contributed by atoms with van der Waals surface area (Å²) < 4.78 is 9.59. The smallest absolute Gasteiger partial charge is 0.407 e. The number of likely N-dealkylation sites (tertiary alicyclic amines) is 2. The van der Waals surface area contributed by atoms with Crippen LogP contribution in [-0.4, -0.2) is 92.1 Å². The molecule has 4 heterocycles. The van der Waals surface area contributed by atoms with E-state index in [1.165, 1.54) is 14.2 Å². The van der Waals surface area contributed by atoms with Crippen molar-refractivity contribution in [3.63, 3.8) is 0 Å². The van der Waals surface area contributed by atoms with Gasteiger partial charge in [-0.05, 0) is 85.8 Å². The van der Waals surface area contributed by atoms with E-state index in [2.05, 4.69) is 46.3 Å². The highest BCUT2D eigenvalue weighted by molar-refractivity contribution is 5.87. The molecule has 0 bridgehead atoms. The van der Waals surface area contributed by atoms with Crippen LogP contribution in [0.4, 0.5) is 9.59 Å². The van der Waals surface area contributed by atoms with Crippen molar-refractivity contribution in [2.75, 3.05) is 14.2 Å². The molecule has 60 heavy (non-hydrogen) atoms. The monoisotopic (exact) mass is 818 g/mol.